The lowest BCUT2D eigenvalue weighted by Crippen LogP contribution is -2.22. The Morgan fingerprint density at radius 1 is 1.48 bits per heavy atom. The number of benzene rings is 1. The van der Waals surface area contributed by atoms with Gasteiger partial charge in [-0.3, -0.25) is 9.89 Å². The zero-order valence-corrected chi connectivity index (χ0v) is 13.6. The minimum absolute atomic E-state index is 0.0622. The van der Waals surface area contributed by atoms with Crippen molar-refractivity contribution in [3.8, 4) is 0 Å². The van der Waals surface area contributed by atoms with Crippen LogP contribution in [-0.4, -0.2) is 34.3 Å². The van der Waals surface area contributed by atoms with Gasteiger partial charge in [0.2, 0.25) is 0 Å². The van der Waals surface area contributed by atoms with Crippen molar-refractivity contribution < 1.29 is 18.3 Å². The Kier molecular flexibility index (Phi) is 3.96. The third-order valence-corrected chi connectivity index (χ3v) is 4.34. The molecule has 3 aromatic rings. The average molecular weight is 344 g/mol. The summed E-state index contributed by atoms with van der Waals surface area (Å²) in [7, 11) is 0. The lowest BCUT2D eigenvalue weighted by Gasteiger charge is -2.00. The molecular weight excluding hydrogens is 327 g/mol. The van der Waals surface area contributed by atoms with Crippen molar-refractivity contribution in [3.63, 3.8) is 0 Å². The number of hydrogen-bond donors (Lipinski definition) is 2. The predicted octanol–water partition coefficient (Wildman–Crippen LogP) is 2.43. The molecule has 7 nitrogen and oxygen atoms in total. The van der Waals surface area contributed by atoms with Crippen molar-refractivity contribution >= 4 is 16.9 Å². The van der Waals surface area contributed by atoms with Crippen LogP contribution in [0.4, 0.5) is 4.39 Å². The molecule has 130 valence electrons. The molecule has 1 amide bonds. The van der Waals surface area contributed by atoms with Gasteiger partial charge in [-0.05, 0) is 31.0 Å². The largest absolute Gasteiger partial charge is 0.448 e. The summed E-state index contributed by atoms with van der Waals surface area (Å²) in [5, 5.41) is 10.3. The van der Waals surface area contributed by atoms with Crippen molar-refractivity contribution in [1.29, 1.82) is 0 Å². The number of furan rings is 1. The smallest absolute Gasteiger partial charge is 0.287 e. The van der Waals surface area contributed by atoms with Gasteiger partial charge < -0.3 is 14.5 Å². The molecular formula is C17H17FN4O3. The van der Waals surface area contributed by atoms with Gasteiger partial charge in [-0.15, -0.1) is 0 Å². The van der Waals surface area contributed by atoms with Crippen molar-refractivity contribution in [2.24, 2.45) is 0 Å². The Bertz CT molecular complexity index is 888. The van der Waals surface area contributed by atoms with Crippen LogP contribution >= 0.6 is 0 Å². The second kappa shape index (κ2) is 6.29. The number of ether oxygens (including phenoxy) is 1. The molecule has 2 N–H and O–H groups in total. The van der Waals surface area contributed by atoms with E-state index in [1.165, 1.54) is 6.07 Å². The monoisotopic (exact) mass is 344 g/mol. The van der Waals surface area contributed by atoms with Gasteiger partial charge in [-0.2, -0.15) is 5.10 Å². The van der Waals surface area contributed by atoms with E-state index in [-0.39, 0.29) is 23.8 Å². The lowest BCUT2D eigenvalue weighted by molar-refractivity contribution is 0.0924. The molecule has 1 fully saturated rings. The van der Waals surface area contributed by atoms with E-state index in [9.17, 15) is 9.18 Å². The minimum Gasteiger partial charge on any atom is -0.448 e. The maximum absolute atomic E-state index is 13.8. The van der Waals surface area contributed by atoms with E-state index >= 15 is 0 Å². The second-order valence-corrected chi connectivity index (χ2v) is 6.10. The Morgan fingerprint density at radius 3 is 3.12 bits per heavy atom. The molecule has 1 atom stereocenters. The predicted molar refractivity (Wildman–Crippen MR) is 86.6 cm³/mol. The summed E-state index contributed by atoms with van der Waals surface area (Å²) in [5.41, 5.74) is 0.936. The maximum atomic E-state index is 13.8. The lowest BCUT2D eigenvalue weighted by atomic mass is 10.1. The summed E-state index contributed by atoms with van der Waals surface area (Å²) >= 11 is 0. The van der Waals surface area contributed by atoms with E-state index in [4.69, 9.17) is 9.15 Å². The fourth-order valence-corrected chi connectivity index (χ4v) is 2.90. The Labute approximate surface area is 142 Å². The van der Waals surface area contributed by atoms with Crippen LogP contribution in [0.5, 0.6) is 0 Å². The highest BCUT2D eigenvalue weighted by molar-refractivity contribution is 5.96. The molecule has 1 aliphatic rings. The van der Waals surface area contributed by atoms with E-state index in [1.54, 1.807) is 12.1 Å². The molecule has 0 aliphatic carbocycles. The highest BCUT2D eigenvalue weighted by atomic mass is 19.1. The zero-order chi connectivity index (χ0) is 17.4. The first-order valence-electron chi connectivity index (χ1n) is 8.07. The standard InChI is InChI=1S/C17H17FN4O3/c1-9-2-3-12(18)15-11(9)6-13(25-15)17(23)19-7-14-20-16(22-21-14)10-4-5-24-8-10/h2-3,6,10H,4-5,7-8H2,1H3,(H,19,23)(H,20,21,22). The molecule has 4 rings (SSSR count). The van der Waals surface area contributed by atoms with E-state index in [0.29, 0.717) is 30.2 Å². The number of nitrogens with one attached hydrogen (secondary N) is 2. The van der Waals surface area contributed by atoms with Crippen molar-refractivity contribution in [3.05, 3.63) is 47.0 Å². The summed E-state index contributed by atoms with van der Waals surface area (Å²) in [6.45, 7) is 3.35. The van der Waals surface area contributed by atoms with Crippen LogP contribution < -0.4 is 5.32 Å². The molecule has 1 aliphatic heterocycles. The first-order chi connectivity index (χ1) is 12.1. The Morgan fingerprint density at radius 2 is 2.36 bits per heavy atom. The summed E-state index contributed by atoms with van der Waals surface area (Å²) in [4.78, 5) is 16.6. The van der Waals surface area contributed by atoms with Gasteiger partial charge in [-0.1, -0.05) is 6.07 Å². The number of fused-ring (bicyclic) bond motifs is 1. The van der Waals surface area contributed by atoms with Crippen molar-refractivity contribution in [1.82, 2.24) is 20.5 Å². The molecule has 25 heavy (non-hydrogen) atoms. The van der Waals surface area contributed by atoms with E-state index in [2.05, 4.69) is 20.5 Å². The average Bonchev–Trinajstić information content (AvgIpc) is 3.35. The third kappa shape index (κ3) is 3.00. The topological polar surface area (TPSA) is 93.0 Å². The van der Waals surface area contributed by atoms with Crippen LogP contribution in [0.15, 0.2) is 22.6 Å². The molecule has 3 heterocycles. The number of halogens is 1. The van der Waals surface area contributed by atoms with Crippen LogP contribution in [0.2, 0.25) is 0 Å². The zero-order valence-electron chi connectivity index (χ0n) is 13.6. The summed E-state index contributed by atoms with van der Waals surface area (Å²) in [5.74, 6) is 0.585. The number of aryl methyl sites for hydroxylation is 1. The summed E-state index contributed by atoms with van der Waals surface area (Å²) in [6.07, 6.45) is 0.896. The quantitative estimate of drug-likeness (QED) is 0.758. The van der Waals surface area contributed by atoms with Crippen LogP contribution in [0.25, 0.3) is 11.0 Å². The van der Waals surface area contributed by atoms with Gasteiger partial charge in [0, 0.05) is 17.9 Å². The number of aromatic nitrogens is 3. The first kappa shape index (κ1) is 15.8. The van der Waals surface area contributed by atoms with Crippen LogP contribution in [-0.2, 0) is 11.3 Å². The molecule has 8 heteroatoms. The molecule has 1 aromatic carbocycles. The van der Waals surface area contributed by atoms with Crippen LogP contribution in [0.3, 0.4) is 0 Å². The molecule has 0 radical (unpaired) electrons. The SMILES string of the molecule is Cc1ccc(F)c2oc(C(=O)NCc3nc(C4CCOC4)n[nH]3)cc12. The van der Waals surface area contributed by atoms with E-state index in [1.807, 2.05) is 6.92 Å². The van der Waals surface area contributed by atoms with Gasteiger partial charge in [0.25, 0.3) is 5.91 Å². The second-order valence-electron chi connectivity index (χ2n) is 6.10. The minimum atomic E-state index is -0.488. The highest BCUT2D eigenvalue weighted by Gasteiger charge is 2.22. The van der Waals surface area contributed by atoms with Gasteiger partial charge in [0.1, 0.15) is 5.82 Å². The Hall–Kier alpha value is -2.74. The normalized spacial score (nSPS) is 17.3. The molecule has 2 aromatic heterocycles. The Balaban J connectivity index is 1.45. The van der Waals surface area contributed by atoms with Gasteiger partial charge in [-0.25, -0.2) is 9.37 Å². The van der Waals surface area contributed by atoms with Crippen molar-refractivity contribution in [2.45, 2.75) is 25.8 Å². The van der Waals surface area contributed by atoms with Crippen molar-refractivity contribution in [2.75, 3.05) is 13.2 Å². The van der Waals surface area contributed by atoms with E-state index in [0.717, 1.165) is 12.0 Å². The fourth-order valence-electron chi connectivity index (χ4n) is 2.90. The molecule has 0 bridgehead atoms. The van der Waals surface area contributed by atoms with Crippen LogP contribution in [0.1, 0.15) is 40.1 Å². The molecule has 1 saturated heterocycles. The molecule has 0 saturated carbocycles. The number of rotatable bonds is 4. The number of carbonyl (C=O) groups is 1. The fraction of sp³-hybridized carbons (Fsp3) is 0.353. The summed E-state index contributed by atoms with van der Waals surface area (Å²) < 4.78 is 24.5. The number of amides is 1. The maximum Gasteiger partial charge on any atom is 0.287 e. The number of carbonyl (C=O) groups excluding carboxylic acids is 1. The number of H-pyrrole nitrogens is 1. The highest BCUT2D eigenvalue weighted by Crippen LogP contribution is 2.25. The number of aromatic amines is 1. The van der Waals surface area contributed by atoms with Gasteiger partial charge >= 0.3 is 0 Å². The third-order valence-electron chi connectivity index (χ3n) is 4.34. The van der Waals surface area contributed by atoms with Gasteiger partial charge in [0.05, 0.1) is 13.2 Å². The van der Waals surface area contributed by atoms with Crippen LogP contribution in [0, 0.1) is 12.7 Å². The first-order valence-corrected chi connectivity index (χ1v) is 8.07. The molecule has 0 spiro atoms. The number of hydrogen-bond acceptors (Lipinski definition) is 5. The molecule has 1 unspecified atom stereocenters. The summed E-state index contributed by atoms with van der Waals surface area (Å²) in [6, 6.07) is 4.52. The van der Waals surface area contributed by atoms with Gasteiger partial charge in [0.15, 0.2) is 23.0 Å². The number of nitrogens with zero attached hydrogens (tertiary/aromatic N) is 2. The van der Waals surface area contributed by atoms with E-state index < -0.39 is 11.7 Å².